The maximum absolute atomic E-state index is 11.4. The maximum atomic E-state index is 11.4. The van der Waals surface area contributed by atoms with Crippen LogP contribution in [0.4, 0.5) is 0 Å². The second kappa shape index (κ2) is 14.0. The lowest BCUT2D eigenvalue weighted by atomic mass is 9.41. The lowest BCUT2D eigenvalue weighted by Crippen LogP contribution is -2.61. The molecule has 1 N–H and O–H groups in total. The Hall–Kier alpha value is -0.0631. The largest absolute Gasteiger partial charge is 0.411 e. The van der Waals surface area contributed by atoms with Crippen LogP contribution >= 0.6 is 0 Å². The molecule has 0 aromatic heterocycles. The molecular formula is C46H81NO6Si. The highest BCUT2D eigenvalue weighted by molar-refractivity contribution is 6.73. The van der Waals surface area contributed by atoms with Crippen LogP contribution in [-0.2, 0) is 23.4 Å². The zero-order chi connectivity index (χ0) is 38.7. The van der Waals surface area contributed by atoms with Crippen LogP contribution in [0.1, 0.15) is 147 Å². The SMILES string of the molecule is CCO[C@@H]([C@H]1C[C@@H](C)[C@H]2[C@H](O1)[C@H](O[Si](CC)(CC)CC)[C@@]1(C)[C@@H]3CC[C@H]4C(C)(C)[C@@H](O[C@H]5CN(C6CCC6)CCO5)CC[C@@]45CC35CC[C@]21C)C(C)(C)O. The van der Waals surface area contributed by atoms with Crippen molar-refractivity contribution in [1.29, 1.82) is 0 Å². The number of rotatable bonds is 12. The summed E-state index contributed by atoms with van der Waals surface area (Å²) in [5.41, 5.74) is 0.130. The standard InChI is InChI=1S/C46H81NO6Si/c1-12-49-39(42(8,9)48)32-27-30(5)37-38(51-32)40(53-54(13-2,14-3)15-4)44(11)34-20-19-33-41(6,7)35(52-36-28-47(25-26-50-36)31-17-16-18-31)21-22-45(33)29-46(34,45)24-23-43(37,44)10/h30-40,48H,12-29H2,1-11H3/t30-,32-,33+,34+,35+,36+,37+,38+,39+,40+,43-,44-,45-,46?/m1/s1. The molecule has 0 aromatic rings. The number of morpholine rings is 1. The molecule has 7 nitrogen and oxygen atoms in total. The van der Waals surface area contributed by atoms with Gasteiger partial charge in [0.1, 0.15) is 6.10 Å². The minimum Gasteiger partial charge on any atom is -0.411 e. The number of aliphatic hydroxyl groups is 1. The molecule has 0 radical (unpaired) electrons. The van der Waals surface area contributed by atoms with Crippen LogP contribution in [0.3, 0.4) is 0 Å². The molecule has 8 rings (SSSR count). The van der Waals surface area contributed by atoms with E-state index in [1.165, 1.54) is 57.8 Å². The predicted molar refractivity (Wildman–Crippen MR) is 218 cm³/mol. The van der Waals surface area contributed by atoms with E-state index in [1.54, 1.807) is 0 Å². The minimum absolute atomic E-state index is 0.0320. The quantitative estimate of drug-likeness (QED) is 0.198. The van der Waals surface area contributed by atoms with Gasteiger partial charge in [0.25, 0.3) is 0 Å². The van der Waals surface area contributed by atoms with Gasteiger partial charge in [-0.05, 0) is 148 Å². The van der Waals surface area contributed by atoms with Crippen molar-refractivity contribution in [3.63, 3.8) is 0 Å². The lowest BCUT2D eigenvalue weighted by Gasteiger charge is -2.64. The van der Waals surface area contributed by atoms with Gasteiger partial charge in [-0.15, -0.1) is 0 Å². The van der Waals surface area contributed by atoms with Gasteiger partial charge in [0.15, 0.2) is 14.6 Å². The Labute approximate surface area is 331 Å². The highest BCUT2D eigenvalue weighted by Crippen LogP contribution is 2.89. The van der Waals surface area contributed by atoms with E-state index in [0.29, 0.717) is 41.1 Å². The molecule has 2 saturated heterocycles. The number of fused-ring (bicyclic) bond motifs is 4. The molecule has 2 aliphatic heterocycles. The summed E-state index contributed by atoms with van der Waals surface area (Å²) in [6.45, 7) is 29.5. The average molecular weight is 772 g/mol. The topological polar surface area (TPSA) is 69.6 Å². The van der Waals surface area contributed by atoms with Gasteiger partial charge in [0, 0.05) is 31.2 Å². The Bertz CT molecular complexity index is 1350. The molecule has 6 aliphatic carbocycles. The van der Waals surface area contributed by atoms with Gasteiger partial charge >= 0.3 is 0 Å². The molecule has 0 amide bonds. The van der Waals surface area contributed by atoms with Crippen molar-refractivity contribution in [3.8, 4) is 0 Å². The van der Waals surface area contributed by atoms with E-state index in [2.05, 4.69) is 60.3 Å². The van der Waals surface area contributed by atoms with Crippen LogP contribution < -0.4 is 0 Å². The molecule has 2 heterocycles. The van der Waals surface area contributed by atoms with Crippen LogP contribution in [0, 0.1) is 50.7 Å². The summed E-state index contributed by atoms with van der Waals surface area (Å²) in [4.78, 5) is 2.66. The van der Waals surface area contributed by atoms with Crippen LogP contribution in [0.2, 0.25) is 18.1 Å². The summed E-state index contributed by atoms with van der Waals surface area (Å²) in [6, 6.07) is 4.23. The smallest absolute Gasteiger partial charge is 0.192 e. The van der Waals surface area contributed by atoms with Crippen molar-refractivity contribution in [2.45, 2.75) is 213 Å². The third-order valence-corrected chi connectivity index (χ3v) is 24.0. The summed E-state index contributed by atoms with van der Waals surface area (Å²) in [5.74, 6) is 2.26. The Kier molecular flexibility index (Phi) is 10.6. The highest BCUT2D eigenvalue weighted by Gasteiger charge is 2.85. The molecule has 310 valence electrons. The third-order valence-electron chi connectivity index (χ3n) is 19.4. The first-order valence-corrected chi connectivity index (χ1v) is 25.7. The Morgan fingerprint density at radius 3 is 2.22 bits per heavy atom. The summed E-state index contributed by atoms with van der Waals surface area (Å²) >= 11 is 0. The van der Waals surface area contributed by atoms with Gasteiger partial charge in [-0.3, -0.25) is 4.90 Å². The molecule has 8 aliphatic rings. The van der Waals surface area contributed by atoms with Crippen molar-refractivity contribution in [2.24, 2.45) is 50.7 Å². The van der Waals surface area contributed by atoms with Gasteiger partial charge in [0.2, 0.25) is 0 Å². The zero-order valence-corrected chi connectivity index (χ0v) is 37.5. The summed E-state index contributed by atoms with van der Waals surface area (Å²) in [5, 5.41) is 11.4. The van der Waals surface area contributed by atoms with E-state index in [4.69, 9.17) is 23.4 Å². The van der Waals surface area contributed by atoms with E-state index >= 15 is 0 Å². The highest BCUT2D eigenvalue weighted by atomic mass is 28.4. The first kappa shape index (κ1) is 40.7. The van der Waals surface area contributed by atoms with Gasteiger partial charge in [-0.1, -0.05) is 61.8 Å². The van der Waals surface area contributed by atoms with Crippen molar-refractivity contribution >= 4 is 8.32 Å². The summed E-state index contributed by atoms with van der Waals surface area (Å²) < 4.78 is 35.2. The van der Waals surface area contributed by atoms with Gasteiger partial charge in [0.05, 0.1) is 36.6 Å². The first-order chi connectivity index (χ1) is 25.5. The molecule has 1 unspecified atom stereocenters. The molecule has 14 atom stereocenters. The fourth-order valence-corrected chi connectivity index (χ4v) is 19.0. The second-order valence-corrected chi connectivity index (χ2v) is 26.6. The van der Waals surface area contributed by atoms with Gasteiger partial charge in [-0.25, -0.2) is 0 Å². The third kappa shape index (κ3) is 5.76. The lowest BCUT2D eigenvalue weighted by molar-refractivity contribution is -0.252. The van der Waals surface area contributed by atoms with Crippen molar-refractivity contribution < 1.29 is 28.5 Å². The first-order valence-electron chi connectivity index (χ1n) is 23.2. The predicted octanol–water partition coefficient (Wildman–Crippen LogP) is 9.60. The fourth-order valence-electron chi connectivity index (χ4n) is 16.1. The normalized spacial score (nSPS) is 48.1. The molecule has 54 heavy (non-hydrogen) atoms. The van der Waals surface area contributed by atoms with E-state index in [-0.39, 0.29) is 53.1 Å². The number of ether oxygens (including phenoxy) is 4. The van der Waals surface area contributed by atoms with Crippen molar-refractivity contribution in [1.82, 2.24) is 4.90 Å². The summed E-state index contributed by atoms with van der Waals surface area (Å²) in [6.07, 6.45) is 13.9. The number of hydrogen-bond acceptors (Lipinski definition) is 7. The van der Waals surface area contributed by atoms with Crippen LogP contribution in [0.15, 0.2) is 0 Å². The monoisotopic (exact) mass is 772 g/mol. The number of nitrogens with zero attached hydrogens (tertiary/aromatic N) is 1. The molecule has 0 bridgehead atoms. The van der Waals surface area contributed by atoms with Crippen molar-refractivity contribution in [3.05, 3.63) is 0 Å². The van der Waals surface area contributed by atoms with Gasteiger partial charge in [-0.2, -0.15) is 0 Å². The fraction of sp³-hybridized carbons (Fsp3) is 1.00. The van der Waals surface area contributed by atoms with E-state index in [9.17, 15) is 5.11 Å². The van der Waals surface area contributed by atoms with Crippen LogP contribution in [0.25, 0.3) is 0 Å². The van der Waals surface area contributed by atoms with E-state index in [1.807, 2.05) is 20.8 Å². The number of hydrogen-bond donors (Lipinski definition) is 1. The van der Waals surface area contributed by atoms with Crippen LogP contribution in [0.5, 0.6) is 0 Å². The zero-order valence-electron chi connectivity index (χ0n) is 36.5. The van der Waals surface area contributed by atoms with Gasteiger partial charge < -0.3 is 28.5 Å². The van der Waals surface area contributed by atoms with E-state index in [0.717, 1.165) is 56.7 Å². The molecule has 8 fully saturated rings. The average Bonchev–Trinajstić information content (AvgIpc) is 3.73. The molecule has 0 aromatic carbocycles. The second-order valence-electron chi connectivity index (χ2n) is 21.9. The Balaban J connectivity index is 1.10. The Morgan fingerprint density at radius 1 is 0.907 bits per heavy atom. The minimum atomic E-state index is -2.00. The van der Waals surface area contributed by atoms with Crippen LogP contribution in [-0.4, -0.2) is 93.1 Å². The van der Waals surface area contributed by atoms with Crippen molar-refractivity contribution in [2.75, 3.05) is 26.3 Å². The molecule has 2 spiro atoms. The maximum Gasteiger partial charge on any atom is 0.192 e. The Morgan fingerprint density at radius 2 is 1.59 bits per heavy atom. The molecule has 8 heteroatoms. The molecule has 6 saturated carbocycles. The summed E-state index contributed by atoms with van der Waals surface area (Å²) in [7, 11) is -2.00. The molecular weight excluding hydrogens is 691 g/mol. The van der Waals surface area contributed by atoms with E-state index < -0.39 is 13.9 Å².